The van der Waals surface area contributed by atoms with Crippen molar-refractivity contribution >= 4 is 50.4 Å². The lowest BCUT2D eigenvalue weighted by atomic mass is 9.81. The van der Waals surface area contributed by atoms with Crippen LogP contribution in [-0.4, -0.2) is 21.0 Å². The summed E-state index contributed by atoms with van der Waals surface area (Å²) in [5.41, 5.74) is 12.2. The maximum Gasteiger partial charge on any atom is 0.164 e. The molecule has 268 valence electrons. The van der Waals surface area contributed by atoms with E-state index in [1.807, 2.05) is 60.7 Å². The normalized spacial score (nSPS) is 15.6. The second-order valence-electron chi connectivity index (χ2n) is 14.7. The van der Waals surface area contributed by atoms with E-state index in [1.54, 1.807) is 0 Å². The van der Waals surface area contributed by atoms with Crippen LogP contribution in [0, 0.1) is 0 Å². The van der Waals surface area contributed by atoms with Crippen LogP contribution in [0.4, 0.5) is 11.4 Å². The largest absolute Gasteiger partial charge is 0.456 e. The van der Waals surface area contributed by atoms with Crippen molar-refractivity contribution in [1.29, 1.82) is 0 Å². The Morgan fingerprint density at radius 1 is 0.474 bits per heavy atom. The maximum atomic E-state index is 6.71. The molecule has 2 aliphatic rings. The molecule has 6 heteroatoms. The van der Waals surface area contributed by atoms with E-state index < -0.39 is 0 Å². The van der Waals surface area contributed by atoms with Crippen LogP contribution in [0.1, 0.15) is 22.8 Å². The Balaban J connectivity index is 1.04. The summed E-state index contributed by atoms with van der Waals surface area (Å²) in [6, 6.07) is 58.9. The van der Waals surface area contributed by atoms with Gasteiger partial charge in [-0.3, -0.25) is 0 Å². The molecule has 57 heavy (non-hydrogen) atoms. The molecular formula is C51H32N4O2. The van der Waals surface area contributed by atoms with Crippen LogP contribution in [-0.2, 0) is 0 Å². The number of para-hydroxylation sites is 2. The molecule has 0 fully saturated rings. The lowest BCUT2D eigenvalue weighted by Crippen LogP contribution is -2.30. The number of rotatable bonds is 5. The third-order valence-electron chi connectivity index (χ3n) is 11.5. The zero-order chi connectivity index (χ0) is 37.5. The monoisotopic (exact) mass is 732 g/mol. The highest BCUT2D eigenvalue weighted by atomic mass is 16.3. The molecule has 0 bridgehead atoms. The Hall–Kier alpha value is -7.57. The van der Waals surface area contributed by atoms with Crippen LogP contribution >= 0.6 is 0 Å². The van der Waals surface area contributed by atoms with Crippen LogP contribution in [0.25, 0.3) is 84.3 Å². The summed E-state index contributed by atoms with van der Waals surface area (Å²) in [6.45, 7) is 0. The van der Waals surface area contributed by atoms with E-state index in [-0.39, 0.29) is 12.0 Å². The van der Waals surface area contributed by atoms with E-state index in [9.17, 15) is 0 Å². The molecule has 12 rings (SSSR count). The van der Waals surface area contributed by atoms with Gasteiger partial charge in [0.05, 0.1) is 6.04 Å². The number of aromatic nitrogens is 3. The zero-order valence-electron chi connectivity index (χ0n) is 30.6. The minimum Gasteiger partial charge on any atom is -0.456 e. The molecule has 7 aromatic carbocycles. The Labute approximate surface area is 328 Å². The van der Waals surface area contributed by atoms with Crippen molar-refractivity contribution in [3.63, 3.8) is 0 Å². The highest BCUT2D eigenvalue weighted by Gasteiger charge is 2.44. The molecule has 6 nitrogen and oxygen atoms in total. The molecule has 0 saturated heterocycles. The van der Waals surface area contributed by atoms with Crippen molar-refractivity contribution in [2.45, 2.75) is 12.0 Å². The number of nitrogens with zero attached hydrogens (tertiary/aromatic N) is 4. The highest BCUT2D eigenvalue weighted by molar-refractivity contribution is 6.06. The summed E-state index contributed by atoms with van der Waals surface area (Å²) in [6.07, 6.45) is 4.45. The van der Waals surface area contributed by atoms with Gasteiger partial charge in [-0.25, -0.2) is 15.0 Å². The average molecular weight is 733 g/mol. The molecule has 0 saturated carbocycles. The fourth-order valence-electron chi connectivity index (χ4n) is 8.97. The summed E-state index contributed by atoms with van der Waals surface area (Å²) in [7, 11) is 0. The van der Waals surface area contributed by atoms with Crippen molar-refractivity contribution < 1.29 is 8.83 Å². The van der Waals surface area contributed by atoms with Gasteiger partial charge in [-0.1, -0.05) is 133 Å². The topological polar surface area (TPSA) is 68.2 Å². The van der Waals surface area contributed by atoms with E-state index in [0.717, 1.165) is 66.6 Å². The van der Waals surface area contributed by atoms with Crippen molar-refractivity contribution in [3.8, 4) is 45.3 Å². The quantitative estimate of drug-likeness (QED) is 0.175. The van der Waals surface area contributed by atoms with Gasteiger partial charge in [-0.15, -0.1) is 0 Å². The fraction of sp³-hybridized carbons (Fsp3) is 0.0392. The summed E-state index contributed by atoms with van der Waals surface area (Å²) in [4.78, 5) is 18.0. The van der Waals surface area contributed by atoms with Crippen LogP contribution in [0.15, 0.2) is 185 Å². The molecule has 10 aromatic rings. The number of furan rings is 2. The van der Waals surface area contributed by atoms with Gasteiger partial charge in [0.25, 0.3) is 0 Å². The van der Waals surface area contributed by atoms with Crippen molar-refractivity contribution in [3.05, 3.63) is 193 Å². The van der Waals surface area contributed by atoms with Gasteiger partial charge in [0.2, 0.25) is 0 Å². The summed E-state index contributed by atoms with van der Waals surface area (Å²) < 4.78 is 13.0. The summed E-state index contributed by atoms with van der Waals surface area (Å²) in [5.74, 6) is 2.63. The van der Waals surface area contributed by atoms with Gasteiger partial charge in [0.15, 0.2) is 17.5 Å². The Morgan fingerprint density at radius 2 is 1.16 bits per heavy atom. The third kappa shape index (κ3) is 5.00. The molecule has 0 amide bonds. The molecular weight excluding hydrogens is 701 g/mol. The lowest BCUT2D eigenvalue weighted by Gasteiger charge is -2.30. The van der Waals surface area contributed by atoms with E-state index in [2.05, 4.69) is 126 Å². The van der Waals surface area contributed by atoms with Crippen LogP contribution < -0.4 is 4.90 Å². The van der Waals surface area contributed by atoms with Crippen molar-refractivity contribution in [1.82, 2.24) is 15.0 Å². The lowest BCUT2D eigenvalue weighted by molar-refractivity contribution is 0.584. The SMILES string of the molecule is C1=CC2C(c3ccccc3N2c2cccc(-c3ccccc3)c2)c2c1oc1cccc(-c3nc(-c4ccccc4)nc(-c4ccc5c(c4)oc4ccccc45)n3)c21. The van der Waals surface area contributed by atoms with Crippen molar-refractivity contribution in [2.24, 2.45) is 0 Å². The molecule has 2 unspecified atom stereocenters. The molecule has 3 aromatic heterocycles. The second kappa shape index (κ2) is 12.5. The molecule has 0 radical (unpaired) electrons. The molecule has 2 atom stereocenters. The van der Waals surface area contributed by atoms with Crippen molar-refractivity contribution in [2.75, 3.05) is 4.90 Å². The average Bonchev–Trinajstić information content (AvgIpc) is 3.96. The van der Waals surface area contributed by atoms with Gasteiger partial charge < -0.3 is 13.7 Å². The van der Waals surface area contributed by atoms with Gasteiger partial charge >= 0.3 is 0 Å². The molecule has 1 aliphatic carbocycles. The first kappa shape index (κ1) is 31.7. The number of fused-ring (bicyclic) bond motifs is 10. The highest BCUT2D eigenvalue weighted by Crippen LogP contribution is 2.54. The number of benzene rings is 7. The van der Waals surface area contributed by atoms with Gasteiger partial charge in [0, 0.05) is 55.7 Å². The van der Waals surface area contributed by atoms with E-state index >= 15 is 0 Å². The number of anilines is 2. The van der Waals surface area contributed by atoms with E-state index in [1.165, 1.54) is 22.4 Å². The molecule has 1 aliphatic heterocycles. The number of hydrogen-bond donors (Lipinski definition) is 0. The first-order chi connectivity index (χ1) is 28.2. The Bertz CT molecular complexity index is 3220. The zero-order valence-corrected chi connectivity index (χ0v) is 30.6. The molecule has 0 spiro atoms. The summed E-state index contributed by atoms with van der Waals surface area (Å²) in [5, 5.41) is 3.16. The van der Waals surface area contributed by atoms with Gasteiger partial charge in [-0.05, 0) is 65.2 Å². The molecule has 4 heterocycles. The molecule has 0 N–H and O–H groups in total. The predicted octanol–water partition coefficient (Wildman–Crippen LogP) is 12.9. The standard InChI is InChI=1S/C51H32N4O2/c1-3-13-31(14-4-1)33-17-11-18-35(29-33)55-40-22-9-7-20-38(40)46-41(55)27-28-44-48(46)47-39(21-12-24-43(47)57-44)51-53-49(32-15-5-2-6-16-32)52-50(54-51)34-25-26-37-36-19-8-10-23-42(36)56-45(37)30-34/h1-30,41,46H. The van der Waals surface area contributed by atoms with Gasteiger partial charge in [-0.2, -0.15) is 0 Å². The number of hydrogen-bond acceptors (Lipinski definition) is 6. The first-order valence-corrected chi connectivity index (χ1v) is 19.3. The van der Waals surface area contributed by atoms with E-state index in [0.29, 0.717) is 17.5 Å². The Morgan fingerprint density at radius 3 is 2.04 bits per heavy atom. The fourth-order valence-corrected chi connectivity index (χ4v) is 8.97. The van der Waals surface area contributed by atoms with Crippen LogP contribution in [0.2, 0.25) is 0 Å². The minimum absolute atomic E-state index is 0.00868. The van der Waals surface area contributed by atoms with E-state index in [4.69, 9.17) is 23.8 Å². The minimum atomic E-state index is 0.00868. The first-order valence-electron chi connectivity index (χ1n) is 19.3. The Kier molecular flexibility index (Phi) is 6.95. The predicted molar refractivity (Wildman–Crippen MR) is 228 cm³/mol. The van der Waals surface area contributed by atoms with Crippen LogP contribution in [0.3, 0.4) is 0 Å². The summed E-state index contributed by atoms with van der Waals surface area (Å²) >= 11 is 0. The van der Waals surface area contributed by atoms with Crippen LogP contribution in [0.5, 0.6) is 0 Å². The maximum absolute atomic E-state index is 6.71. The smallest absolute Gasteiger partial charge is 0.164 e. The second-order valence-corrected chi connectivity index (χ2v) is 14.7. The van der Waals surface area contributed by atoms with Gasteiger partial charge in [0.1, 0.15) is 22.5 Å². The third-order valence-corrected chi connectivity index (χ3v) is 11.5.